The van der Waals surface area contributed by atoms with Gasteiger partial charge in [-0.25, -0.2) is 4.79 Å². The summed E-state index contributed by atoms with van der Waals surface area (Å²) < 4.78 is 28.4. The number of hydrogen-bond donors (Lipinski definition) is 3. The molecule has 420 valence electrons. The lowest BCUT2D eigenvalue weighted by Crippen LogP contribution is -2.61. The number of rotatable bonds is 49. The Labute approximate surface area is 443 Å². The predicted octanol–water partition coefficient (Wildman–Crippen LogP) is 14.8. The summed E-state index contributed by atoms with van der Waals surface area (Å²) in [5, 5.41) is 31.5. The van der Waals surface area contributed by atoms with Gasteiger partial charge in [-0.3, -0.25) is 14.4 Å². The fraction of sp³-hybridized carbons (Fsp3) is 0.770. The van der Waals surface area contributed by atoms with Gasteiger partial charge < -0.3 is 39.0 Å². The Balaban J connectivity index is 2.70. The summed E-state index contributed by atoms with van der Waals surface area (Å²) in [5.41, 5.74) is 0. The minimum atomic E-state index is -1.91. The molecule has 0 aromatic carbocycles. The monoisotopic (exact) mass is 1030 g/mol. The normalized spacial score (nSPS) is 18.7. The maximum Gasteiger partial charge on any atom is 0.335 e. The van der Waals surface area contributed by atoms with Crippen molar-refractivity contribution in [2.45, 2.75) is 289 Å². The third kappa shape index (κ3) is 39.5. The van der Waals surface area contributed by atoms with Gasteiger partial charge in [-0.05, 0) is 83.5 Å². The fourth-order valence-electron chi connectivity index (χ4n) is 8.59. The molecule has 1 fully saturated rings. The molecule has 1 aliphatic rings. The minimum Gasteiger partial charge on any atom is -0.479 e. The average Bonchev–Trinajstić information content (AvgIpc) is 3.37. The van der Waals surface area contributed by atoms with Crippen molar-refractivity contribution < 1.29 is 58.2 Å². The van der Waals surface area contributed by atoms with Gasteiger partial charge in [-0.1, -0.05) is 210 Å². The highest BCUT2D eigenvalue weighted by molar-refractivity contribution is 5.74. The molecule has 12 heteroatoms. The second-order valence-electron chi connectivity index (χ2n) is 19.9. The number of carbonyl (C=O) groups excluding carboxylic acids is 3. The number of unbranched alkanes of at least 4 members (excludes halogenated alkanes) is 25. The van der Waals surface area contributed by atoms with Crippen LogP contribution in [0.3, 0.4) is 0 Å². The smallest absolute Gasteiger partial charge is 0.335 e. The Morgan fingerprint density at radius 1 is 0.466 bits per heavy atom. The zero-order chi connectivity index (χ0) is 53.3. The van der Waals surface area contributed by atoms with Crippen LogP contribution in [0.1, 0.15) is 252 Å². The van der Waals surface area contributed by atoms with Crippen molar-refractivity contribution in [2.75, 3.05) is 13.2 Å². The number of aliphatic hydroxyl groups is 2. The summed E-state index contributed by atoms with van der Waals surface area (Å²) >= 11 is 0. The lowest BCUT2D eigenvalue weighted by molar-refractivity contribution is -0.301. The molecule has 1 rings (SSSR count). The first-order chi connectivity index (χ1) is 35.6. The van der Waals surface area contributed by atoms with Crippen LogP contribution in [-0.2, 0) is 42.9 Å². The number of aliphatic hydroxyl groups excluding tert-OH is 2. The maximum absolute atomic E-state index is 13.1. The van der Waals surface area contributed by atoms with E-state index in [9.17, 15) is 34.5 Å². The molecule has 0 aliphatic carbocycles. The van der Waals surface area contributed by atoms with Gasteiger partial charge >= 0.3 is 23.9 Å². The van der Waals surface area contributed by atoms with Crippen LogP contribution in [0.15, 0.2) is 60.8 Å². The highest BCUT2D eigenvalue weighted by Crippen LogP contribution is 2.26. The predicted molar refractivity (Wildman–Crippen MR) is 294 cm³/mol. The number of carbonyl (C=O) groups is 4. The Kier molecular flexibility index (Phi) is 45.5. The van der Waals surface area contributed by atoms with Gasteiger partial charge in [0.05, 0.1) is 6.61 Å². The maximum atomic E-state index is 13.1. The molecule has 3 N–H and O–H groups in total. The third-order valence-corrected chi connectivity index (χ3v) is 13.1. The molecule has 0 saturated carbocycles. The van der Waals surface area contributed by atoms with Gasteiger partial charge in [0.1, 0.15) is 18.8 Å². The van der Waals surface area contributed by atoms with E-state index in [1.807, 2.05) is 0 Å². The zero-order valence-electron chi connectivity index (χ0n) is 46.1. The molecule has 0 aromatic heterocycles. The van der Waals surface area contributed by atoms with E-state index in [1.165, 1.54) is 77.0 Å². The number of carboxylic acids is 1. The van der Waals surface area contributed by atoms with E-state index in [0.717, 1.165) is 116 Å². The van der Waals surface area contributed by atoms with Crippen molar-refractivity contribution in [3.63, 3.8) is 0 Å². The molecule has 0 radical (unpaired) electrons. The van der Waals surface area contributed by atoms with E-state index in [1.54, 1.807) is 0 Å². The second kappa shape index (κ2) is 49.3. The number of hydrogen-bond acceptors (Lipinski definition) is 11. The minimum absolute atomic E-state index is 0.0490. The standard InChI is InChI=1S/C61H104O12/c1-4-7-10-13-16-19-22-25-26-27-28-31-34-37-40-43-46-49-55(64)72-59-57(66)56(65)58(60(67)68)73-61(59)70-51-52(71-54(63)48-45-42-39-36-33-30-24-21-18-15-12-9-6-3)50-69-53(62)47-44-41-38-35-32-29-23-20-17-14-11-8-5-2/h8,11,16-17,19-20,25-26,29,32,52,56-59,61,65-66H,4-7,9-10,12-15,18,21-24,27-28,30-31,33-51H2,1-3H3,(H,67,68)/b11-8-,19-16-,20-17-,26-25-,32-29-. The number of carboxylic acid groups (broad SMARTS) is 1. The average molecular weight is 1030 g/mol. The molecule has 12 nitrogen and oxygen atoms in total. The summed E-state index contributed by atoms with van der Waals surface area (Å²) in [6.45, 7) is 5.83. The first-order valence-corrected chi connectivity index (χ1v) is 29.3. The van der Waals surface area contributed by atoms with Crippen LogP contribution >= 0.6 is 0 Å². The lowest BCUT2D eigenvalue weighted by atomic mass is 9.98. The molecule has 73 heavy (non-hydrogen) atoms. The van der Waals surface area contributed by atoms with Gasteiger partial charge in [-0.15, -0.1) is 0 Å². The summed E-state index contributed by atoms with van der Waals surface area (Å²) in [4.78, 5) is 51.0. The fourth-order valence-corrected chi connectivity index (χ4v) is 8.59. The number of allylic oxidation sites excluding steroid dienone is 10. The summed E-state index contributed by atoms with van der Waals surface area (Å²) in [7, 11) is 0. The van der Waals surface area contributed by atoms with Crippen molar-refractivity contribution >= 4 is 23.9 Å². The molecular weight excluding hydrogens is 925 g/mol. The van der Waals surface area contributed by atoms with Crippen LogP contribution in [0.5, 0.6) is 0 Å². The topological polar surface area (TPSA) is 175 Å². The van der Waals surface area contributed by atoms with Gasteiger partial charge in [0.15, 0.2) is 24.6 Å². The van der Waals surface area contributed by atoms with Crippen LogP contribution < -0.4 is 0 Å². The van der Waals surface area contributed by atoms with Gasteiger partial charge in [-0.2, -0.15) is 0 Å². The molecule has 1 saturated heterocycles. The van der Waals surface area contributed by atoms with E-state index in [-0.39, 0.29) is 25.9 Å². The van der Waals surface area contributed by atoms with Gasteiger partial charge in [0.25, 0.3) is 0 Å². The van der Waals surface area contributed by atoms with Gasteiger partial charge in [0, 0.05) is 19.3 Å². The molecule has 1 aliphatic heterocycles. The Morgan fingerprint density at radius 3 is 1.36 bits per heavy atom. The molecule has 1 heterocycles. The van der Waals surface area contributed by atoms with Crippen molar-refractivity contribution in [1.29, 1.82) is 0 Å². The van der Waals surface area contributed by atoms with Crippen LogP contribution in [0, 0.1) is 0 Å². The Hall–Kier alpha value is -3.58. The second-order valence-corrected chi connectivity index (χ2v) is 19.9. The number of aliphatic carboxylic acids is 1. The highest BCUT2D eigenvalue weighted by atomic mass is 16.7. The molecule has 0 spiro atoms. The SMILES string of the molecule is CC/C=C\C/C=C\C/C=C\CCCCCC(=O)OCC(COC1OC(C(=O)O)C(O)C(O)C1OC(=O)CCCCCCCCC/C=C\C/C=C\CCCCC)OC(=O)CCCCCCCCCCCCCCC. The van der Waals surface area contributed by atoms with Crippen LogP contribution in [0.2, 0.25) is 0 Å². The molecular formula is C61H104O12. The van der Waals surface area contributed by atoms with E-state index in [2.05, 4.69) is 81.5 Å². The molecule has 0 aromatic rings. The van der Waals surface area contributed by atoms with Crippen molar-refractivity contribution in [3.8, 4) is 0 Å². The molecule has 6 atom stereocenters. The third-order valence-electron chi connectivity index (χ3n) is 13.1. The van der Waals surface area contributed by atoms with Crippen molar-refractivity contribution in [3.05, 3.63) is 60.8 Å². The van der Waals surface area contributed by atoms with Crippen molar-refractivity contribution in [1.82, 2.24) is 0 Å². The van der Waals surface area contributed by atoms with E-state index in [4.69, 9.17) is 23.7 Å². The van der Waals surface area contributed by atoms with Crippen LogP contribution in [0.25, 0.3) is 0 Å². The van der Waals surface area contributed by atoms with Gasteiger partial charge in [0.2, 0.25) is 0 Å². The highest BCUT2D eigenvalue weighted by Gasteiger charge is 2.50. The van der Waals surface area contributed by atoms with Crippen molar-refractivity contribution in [2.24, 2.45) is 0 Å². The first-order valence-electron chi connectivity index (χ1n) is 29.3. The quantitative estimate of drug-likeness (QED) is 0.0228. The number of esters is 3. The molecule has 0 amide bonds. The van der Waals surface area contributed by atoms with E-state index >= 15 is 0 Å². The Bertz CT molecular complexity index is 1500. The largest absolute Gasteiger partial charge is 0.479 e. The summed E-state index contributed by atoms with van der Waals surface area (Å²) in [6.07, 6.45) is 47.6. The zero-order valence-corrected chi connectivity index (χ0v) is 46.1. The van der Waals surface area contributed by atoms with Crippen LogP contribution in [0.4, 0.5) is 0 Å². The lowest BCUT2D eigenvalue weighted by Gasteiger charge is -2.40. The number of ether oxygens (including phenoxy) is 5. The summed E-state index contributed by atoms with van der Waals surface area (Å²) in [5.74, 6) is -3.16. The van der Waals surface area contributed by atoms with Crippen LogP contribution in [-0.4, -0.2) is 89.2 Å². The Morgan fingerprint density at radius 2 is 0.863 bits per heavy atom. The van der Waals surface area contributed by atoms with E-state index in [0.29, 0.717) is 19.3 Å². The molecule has 0 bridgehead atoms. The molecule has 6 unspecified atom stereocenters. The summed E-state index contributed by atoms with van der Waals surface area (Å²) in [6, 6.07) is 0. The first kappa shape index (κ1) is 67.4. The van der Waals surface area contributed by atoms with E-state index < -0.39 is 67.3 Å².